The van der Waals surface area contributed by atoms with Gasteiger partial charge in [0.15, 0.2) is 0 Å². The maximum atomic E-state index is 11.4. The average Bonchev–Trinajstić information content (AvgIpc) is 2.29. The van der Waals surface area contributed by atoms with Gasteiger partial charge in [0.2, 0.25) is 0 Å². The van der Waals surface area contributed by atoms with Gasteiger partial charge >= 0.3 is 0 Å². The van der Waals surface area contributed by atoms with Gasteiger partial charge in [-0.05, 0) is 11.6 Å². The molecule has 0 aliphatic carbocycles. The van der Waals surface area contributed by atoms with E-state index in [2.05, 4.69) is 10.2 Å². The molecule has 0 atom stereocenters. The maximum absolute atomic E-state index is 11.4. The zero-order valence-corrected chi connectivity index (χ0v) is 8.60. The van der Waals surface area contributed by atoms with Gasteiger partial charge in [-0.1, -0.05) is 25.1 Å². The van der Waals surface area contributed by atoms with Crippen LogP contribution >= 0.6 is 0 Å². The van der Waals surface area contributed by atoms with Crippen LogP contribution in [0.5, 0.6) is 0 Å². The van der Waals surface area contributed by atoms with Crippen LogP contribution in [-0.2, 0) is 11.2 Å². The molecule has 1 aromatic carbocycles. The maximum Gasteiger partial charge on any atom is 0.137 e. The number of Topliss-reactive ketones (excluding diaryl/α,β-unsaturated/α-hetero) is 1. The van der Waals surface area contributed by atoms with Crippen LogP contribution in [0.4, 0.5) is 0 Å². The molecule has 15 heavy (non-hydrogen) atoms. The van der Waals surface area contributed by atoms with Crippen molar-refractivity contribution in [1.82, 2.24) is 10.2 Å². The van der Waals surface area contributed by atoms with Gasteiger partial charge in [-0.3, -0.25) is 4.79 Å². The Morgan fingerprint density at radius 3 is 2.93 bits per heavy atom. The van der Waals surface area contributed by atoms with Crippen molar-refractivity contribution in [1.29, 1.82) is 0 Å². The Kier molecular flexibility index (Phi) is 2.72. The van der Waals surface area contributed by atoms with Crippen molar-refractivity contribution in [3.05, 3.63) is 36.0 Å². The molecule has 1 aromatic heterocycles. The fourth-order valence-corrected chi connectivity index (χ4v) is 1.54. The highest BCUT2D eigenvalue weighted by Gasteiger charge is 2.05. The van der Waals surface area contributed by atoms with E-state index >= 15 is 0 Å². The summed E-state index contributed by atoms with van der Waals surface area (Å²) < 4.78 is 0. The molecule has 0 aliphatic rings. The van der Waals surface area contributed by atoms with Gasteiger partial charge in [-0.25, -0.2) is 0 Å². The lowest BCUT2D eigenvalue weighted by atomic mass is 10.0. The lowest BCUT2D eigenvalue weighted by Gasteiger charge is -2.02. The zero-order chi connectivity index (χ0) is 10.7. The standard InChI is InChI=1S/C12H12N2O/c1-2-10(15)7-9-8-13-14-12-6-4-3-5-11(9)12/h3-6,8H,2,7H2,1H3. The summed E-state index contributed by atoms with van der Waals surface area (Å²) in [6.45, 7) is 1.87. The normalized spacial score (nSPS) is 10.5. The largest absolute Gasteiger partial charge is 0.299 e. The molecule has 1 heterocycles. The summed E-state index contributed by atoms with van der Waals surface area (Å²) in [7, 11) is 0. The lowest BCUT2D eigenvalue weighted by molar-refractivity contribution is -0.118. The van der Waals surface area contributed by atoms with Crippen LogP contribution in [0.3, 0.4) is 0 Å². The summed E-state index contributed by atoms with van der Waals surface area (Å²) in [4.78, 5) is 11.4. The van der Waals surface area contributed by atoms with E-state index in [1.54, 1.807) is 6.20 Å². The van der Waals surface area contributed by atoms with Gasteiger partial charge in [0, 0.05) is 18.2 Å². The van der Waals surface area contributed by atoms with Crippen LogP contribution in [0.25, 0.3) is 10.9 Å². The van der Waals surface area contributed by atoms with Crippen LogP contribution in [0.2, 0.25) is 0 Å². The van der Waals surface area contributed by atoms with Crippen LogP contribution in [0.15, 0.2) is 30.5 Å². The van der Waals surface area contributed by atoms with E-state index in [0.717, 1.165) is 16.5 Å². The minimum Gasteiger partial charge on any atom is -0.299 e. The third-order valence-electron chi connectivity index (χ3n) is 2.41. The topological polar surface area (TPSA) is 42.9 Å². The molecule has 0 spiro atoms. The third-order valence-corrected chi connectivity index (χ3v) is 2.41. The van der Waals surface area contributed by atoms with Crippen molar-refractivity contribution in [2.24, 2.45) is 0 Å². The first-order valence-electron chi connectivity index (χ1n) is 5.02. The number of nitrogens with zero attached hydrogens (tertiary/aromatic N) is 2. The van der Waals surface area contributed by atoms with Crippen molar-refractivity contribution in [2.45, 2.75) is 19.8 Å². The highest BCUT2D eigenvalue weighted by Crippen LogP contribution is 2.15. The van der Waals surface area contributed by atoms with Gasteiger partial charge in [0.25, 0.3) is 0 Å². The van der Waals surface area contributed by atoms with Gasteiger partial charge in [0.1, 0.15) is 5.78 Å². The van der Waals surface area contributed by atoms with Gasteiger partial charge in [-0.15, -0.1) is 0 Å². The molecule has 3 heteroatoms. The summed E-state index contributed by atoms with van der Waals surface area (Å²) in [5, 5.41) is 8.93. The number of hydrogen-bond acceptors (Lipinski definition) is 3. The Hall–Kier alpha value is -1.77. The molecular formula is C12H12N2O. The minimum atomic E-state index is 0.230. The molecule has 0 bridgehead atoms. The molecular weight excluding hydrogens is 188 g/mol. The van der Waals surface area contributed by atoms with E-state index in [1.165, 1.54) is 0 Å². The monoisotopic (exact) mass is 200 g/mol. The first-order chi connectivity index (χ1) is 7.31. The third kappa shape index (κ3) is 2.01. The lowest BCUT2D eigenvalue weighted by Crippen LogP contribution is -2.02. The fourth-order valence-electron chi connectivity index (χ4n) is 1.54. The number of carbonyl (C=O) groups excluding carboxylic acids is 1. The summed E-state index contributed by atoms with van der Waals surface area (Å²) >= 11 is 0. The van der Waals surface area contributed by atoms with Crippen molar-refractivity contribution < 1.29 is 4.79 Å². The Labute approximate surface area is 88.1 Å². The predicted molar refractivity (Wildman–Crippen MR) is 58.5 cm³/mol. The SMILES string of the molecule is CCC(=O)Cc1cnnc2ccccc12. The van der Waals surface area contributed by atoms with Crippen LogP contribution in [0, 0.1) is 0 Å². The number of fused-ring (bicyclic) bond motifs is 1. The van der Waals surface area contributed by atoms with Crippen LogP contribution in [-0.4, -0.2) is 16.0 Å². The van der Waals surface area contributed by atoms with Gasteiger partial charge < -0.3 is 0 Å². The molecule has 76 valence electrons. The van der Waals surface area contributed by atoms with Crippen molar-refractivity contribution in [2.75, 3.05) is 0 Å². The summed E-state index contributed by atoms with van der Waals surface area (Å²) in [6.07, 6.45) is 2.69. The first-order valence-corrected chi connectivity index (χ1v) is 5.02. The highest BCUT2D eigenvalue weighted by molar-refractivity contribution is 5.88. The average molecular weight is 200 g/mol. The number of hydrogen-bond donors (Lipinski definition) is 0. The molecule has 0 N–H and O–H groups in total. The predicted octanol–water partition coefficient (Wildman–Crippen LogP) is 2.15. The molecule has 0 aliphatic heterocycles. The first kappa shape index (κ1) is 9.77. The number of ketones is 1. The Balaban J connectivity index is 2.46. The minimum absolute atomic E-state index is 0.230. The number of aromatic nitrogens is 2. The van der Waals surface area contributed by atoms with Crippen molar-refractivity contribution >= 4 is 16.7 Å². The Morgan fingerprint density at radius 2 is 2.13 bits per heavy atom. The van der Waals surface area contributed by atoms with E-state index in [9.17, 15) is 4.79 Å². The van der Waals surface area contributed by atoms with Crippen LogP contribution in [0.1, 0.15) is 18.9 Å². The molecule has 2 aromatic rings. The summed E-state index contributed by atoms with van der Waals surface area (Å²) in [5.74, 6) is 0.230. The molecule has 0 unspecified atom stereocenters. The van der Waals surface area contributed by atoms with Gasteiger partial charge in [0.05, 0.1) is 11.7 Å². The van der Waals surface area contributed by atoms with Crippen LogP contribution < -0.4 is 0 Å². The number of benzene rings is 1. The van der Waals surface area contributed by atoms with Crippen molar-refractivity contribution in [3.8, 4) is 0 Å². The molecule has 0 saturated carbocycles. The van der Waals surface area contributed by atoms with E-state index < -0.39 is 0 Å². The van der Waals surface area contributed by atoms with Gasteiger partial charge in [-0.2, -0.15) is 10.2 Å². The zero-order valence-electron chi connectivity index (χ0n) is 8.60. The fraction of sp³-hybridized carbons (Fsp3) is 0.250. The summed E-state index contributed by atoms with van der Waals surface area (Å²) in [6, 6.07) is 7.75. The van der Waals surface area contributed by atoms with E-state index in [0.29, 0.717) is 12.8 Å². The molecule has 0 saturated heterocycles. The van der Waals surface area contributed by atoms with E-state index in [-0.39, 0.29) is 5.78 Å². The second-order valence-corrected chi connectivity index (χ2v) is 3.46. The quantitative estimate of drug-likeness (QED) is 0.762. The van der Waals surface area contributed by atoms with Crippen molar-refractivity contribution in [3.63, 3.8) is 0 Å². The number of rotatable bonds is 3. The van der Waals surface area contributed by atoms with E-state index in [1.807, 2.05) is 31.2 Å². The Bertz CT molecular complexity index is 488. The molecule has 2 rings (SSSR count). The second kappa shape index (κ2) is 4.17. The molecule has 0 fully saturated rings. The molecule has 0 radical (unpaired) electrons. The smallest absolute Gasteiger partial charge is 0.137 e. The second-order valence-electron chi connectivity index (χ2n) is 3.46. The summed E-state index contributed by atoms with van der Waals surface area (Å²) in [5.41, 5.74) is 1.81. The number of carbonyl (C=O) groups is 1. The molecule has 0 amide bonds. The molecule has 3 nitrogen and oxygen atoms in total. The highest BCUT2D eigenvalue weighted by atomic mass is 16.1. The van der Waals surface area contributed by atoms with E-state index in [4.69, 9.17) is 0 Å². The Morgan fingerprint density at radius 1 is 1.33 bits per heavy atom.